The number of aromatic amines is 1. The van der Waals surface area contributed by atoms with Crippen LogP contribution in [0.3, 0.4) is 0 Å². The number of H-pyrrole nitrogens is 1. The fourth-order valence-corrected chi connectivity index (χ4v) is 2.12. The summed E-state index contributed by atoms with van der Waals surface area (Å²) in [7, 11) is 0. The first kappa shape index (κ1) is 11.0. The lowest BCUT2D eigenvalue weighted by Gasteiger charge is -2.10. The van der Waals surface area contributed by atoms with Crippen molar-refractivity contribution in [2.24, 2.45) is 5.73 Å². The van der Waals surface area contributed by atoms with Gasteiger partial charge < -0.3 is 15.5 Å². The summed E-state index contributed by atoms with van der Waals surface area (Å²) in [5.41, 5.74) is 7.03. The van der Waals surface area contributed by atoms with Crippen molar-refractivity contribution in [1.82, 2.24) is 9.97 Å². The number of nitrogens with one attached hydrogen (secondary N) is 1. The molecule has 2 aromatic rings. The molecule has 1 atom stereocenters. The number of rotatable bonds is 2. The summed E-state index contributed by atoms with van der Waals surface area (Å²) in [5.74, 6) is 1.39. The topological polar surface area (TPSA) is 81.0 Å². The van der Waals surface area contributed by atoms with Crippen LogP contribution in [0.15, 0.2) is 35.1 Å². The Balaban J connectivity index is 1.95. The van der Waals surface area contributed by atoms with E-state index in [0.717, 1.165) is 11.3 Å². The van der Waals surface area contributed by atoms with Crippen molar-refractivity contribution >= 4 is 0 Å². The molecule has 0 saturated carbocycles. The number of benzene rings is 1. The molecule has 0 spiro atoms. The smallest absolute Gasteiger partial charge is 0.251 e. The highest BCUT2D eigenvalue weighted by Crippen LogP contribution is 2.34. The molecule has 0 fully saturated rings. The Kier molecular flexibility index (Phi) is 2.60. The summed E-state index contributed by atoms with van der Waals surface area (Å²) >= 11 is 0. The van der Waals surface area contributed by atoms with Gasteiger partial charge in [-0.3, -0.25) is 4.79 Å². The van der Waals surface area contributed by atoms with Gasteiger partial charge in [-0.05, 0) is 11.6 Å². The molecular weight excluding hydrogens is 230 g/mol. The zero-order valence-corrected chi connectivity index (χ0v) is 9.72. The summed E-state index contributed by atoms with van der Waals surface area (Å²) in [6, 6.07) is 9.23. The van der Waals surface area contributed by atoms with E-state index in [2.05, 4.69) is 9.97 Å². The van der Waals surface area contributed by atoms with Gasteiger partial charge in [0.2, 0.25) is 0 Å². The Morgan fingerprint density at radius 1 is 1.44 bits per heavy atom. The van der Waals surface area contributed by atoms with E-state index in [-0.39, 0.29) is 18.2 Å². The van der Waals surface area contributed by atoms with E-state index in [1.165, 1.54) is 6.07 Å². The van der Waals surface area contributed by atoms with E-state index in [1.807, 2.05) is 24.3 Å². The molecular formula is C13H13N3O2. The zero-order valence-electron chi connectivity index (χ0n) is 9.72. The molecule has 1 aromatic carbocycles. The Labute approximate surface area is 104 Å². The van der Waals surface area contributed by atoms with Gasteiger partial charge in [-0.1, -0.05) is 18.2 Å². The number of hydrogen-bond donors (Lipinski definition) is 2. The van der Waals surface area contributed by atoms with Crippen LogP contribution in [-0.4, -0.2) is 9.97 Å². The molecule has 2 heterocycles. The van der Waals surface area contributed by atoms with Crippen LogP contribution < -0.4 is 16.0 Å². The predicted molar refractivity (Wildman–Crippen MR) is 66.3 cm³/mol. The van der Waals surface area contributed by atoms with Crippen LogP contribution >= 0.6 is 0 Å². The molecule has 1 unspecified atom stereocenters. The molecule has 0 amide bonds. The molecule has 1 aliphatic rings. The molecule has 1 aliphatic heterocycles. The largest absolute Gasteiger partial charge is 0.482 e. The fraction of sp³-hybridized carbons (Fsp3) is 0.231. The monoisotopic (exact) mass is 243 g/mol. The van der Waals surface area contributed by atoms with Crippen LogP contribution in [0.2, 0.25) is 0 Å². The number of fused-ring (bicyclic) bond motifs is 1. The summed E-state index contributed by atoms with van der Waals surface area (Å²) in [6.45, 7) is 0.247. The highest BCUT2D eigenvalue weighted by atomic mass is 16.5. The minimum Gasteiger partial charge on any atom is -0.482 e. The van der Waals surface area contributed by atoms with E-state index >= 15 is 0 Å². The van der Waals surface area contributed by atoms with Crippen LogP contribution in [0.1, 0.15) is 23.2 Å². The van der Waals surface area contributed by atoms with E-state index in [9.17, 15) is 4.79 Å². The van der Waals surface area contributed by atoms with Gasteiger partial charge in [-0.25, -0.2) is 4.98 Å². The first-order chi connectivity index (χ1) is 8.76. The molecule has 0 aliphatic carbocycles. The van der Waals surface area contributed by atoms with Crippen molar-refractivity contribution in [3.8, 4) is 5.75 Å². The van der Waals surface area contributed by atoms with Crippen LogP contribution in [0.5, 0.6) is 5.75 Å². The molecule has 92 valence electrons. The standard InChI is InChI=1S/C13H13N3O2/c14-7-9-6-12(17)16-13(15-9)11-5-8-3-1-2-4-10(8)18-11/h1-4,6,11H,5,7,14H2,(H,15,16,17). The van der Waals surface area contributed by atoms with Crippen molar-refractivity contribution in [3.05, 3.63) is 57.8 Å². The minimum atomic E-state index is -0.235. The third-order valence-electron chi connectivity index (χ3n) is 2.97. The van der Waals surface area contributed by atoms with E-state index < -0.39 is 0 Å². The second-order valence-corrected chi connectivity index (χ2v) is 4.24. The number of hydrogen-bond acceptors (Lipinski definition) is 4. The number of para-hydroxylation sites is 1. The van der Waals surface area contributed by atoms with Gasteiger partial charge in [-0.15, -0.1) is 0 Å². The van der Waals surface area contributed by atoms with Gasteiger partial charge in [-0.2, -0.15) is 0 Å². The highest BCUT2D eigenvalue weighted by molar-refractivity contribution is 5.38. The molecule has 1 aromatic heterocycles. The lowest BCUT2D eigenvalue weighted by atomic mass is 10.1. The van der Waals surface area contributed by atoms with E-state index in [4.69, 9.17) is 10.5 Å². The molecule has 18 heavy (non-hydrogen) atoms. The van der Waals surface area contributed by atoms with E-state index in [1.54, 1.807) is 0 Å². The van der Waals surface area contributed by atoms with Gasteiger partial charge in [0.25, 0.3) is 5.56 Å². The van der Waals surface area contributed by atoms with Gasteiger partial charge in [0.1, 0.15) is 5.75 Å². The highest BCUT2D eigenvalue weighted by Gasteiger charge is 2.26. The summed E-state index contributed by atoms with van der Waals surface area (Å²) in [6.07, 6.45) is 0.481. The number of nitrogens with two attached hydrogens (primary N) is 1. The Morgan fingerprint density at radius 2 is 2.28 bits per heavy atom. The molecule has 0 bridgehead atoms. The third-order valence-corrected chi connectivity index (χ3v) is 2.97. The third kappa shape index (κ3) is 1.89. The lowest BCUT2D eigenvalue weighted by molar-refractivity contribution is 0.226. The van der Waals surface area contributed by atoms with Gasteiger partial charge in [0.15, 0.2) is 11.9 Å². The molecule has 3 rings (SSSR count). The molecule has 5 heteroatoms. The predicted octanol–water partition coefficient (Wildman–Crippen LogP) is 0.905. The summed E-state index contributed by atoms with van der Waals surface area (Å²) in [5, 5.41) is 0. The first-order valence-corrected chi connectivity index (χ1v) is 5.81. The normalized spacial score (nSPS) is 17.3. The SMILES string of the molecule is NCc1cc(=O)[nH]c(C2Cc3ccccc3O2)n1. The second-order valence-electron chi connectivity index (χ2n) is 4.24. The molecule has 5 nitrogen and oxygen atoms in total. The Morgan fingerprint density at radius 3 is 3.06 bits per heavy atom. The Hall–Kier alpha value is -2.14. The van der Waals surface area contributed by atoms with Gasteiger partial charge in [0.05, 0.1) is 5.69 Å². The number of ether oxygens (including phenoxy) is 1. The van der Waals surface area contributed by atoms with Crippen molar-refractivity contribution in [2.45, 2.75) is 19.1 Å². The van der Waals surface area contributed by atoms with Crippen LogP contribution in [-0.2, 0) is 13.0 Å². The van der Waals surface area contributed by atoms with E-state index in [0.29, 0.717) is 17.9 Å². The lowest BCUT2D eigenvalue weighted by Crippen LogP contribution is -2.19. The number of aromatic nitrogens is 2. The van der Waals surface area contributed by atoms with Crippen molar-refractivity contribution in [1.29, 1.82) is 0 Å². The number of nitrogens with zero attached hydrogens (tertiary/aromatic N) is 1. The summed E-state index contributed by atoms with van der Waals surface area (Å²) in [4.78, 5) is 18.5. The second kappa shape index (κ2) is 4.27. The maximum absolute atomic E-state index is 11.5. The van der Waals surface area contributed by atoms with Crippen molar-refractivity contribution in [2.75, 3.05) is 0 Å². The Bertz CT molecular complexity index is 611. The quantitative estimate of drug-likeness (QED) is 0.821. The van der Waals surface area contributed by atoms with Crippen molar-refractivity contribution < 1.29 is 4.74 Å². The van der Waals surface area contributed by atoms with Gasteiger partial charge >= 0.3 is 0 Å². The average Bonchev–Trinajstić information content (AvgIpc) is 2.81. The minimum absolute atomic E-state index is 0.194. The molecule has 0 radical (unpaired) electrons. The first-order valence-electron chi connectivity index (χ1n) is 5.81. The van der Waals surface area contributed by atoms with Crippen LogP contribution in [0.25, 0.3) is 0 Å². The molecule has 3 N–H and O–H groups in total. The van der Waals surface area contributed by atoms with Crippen LogP contribution in [0.4, 0.5) is 0 Å². The fourth-order valence-electron chi connectivity index (χ4n) is 2.12. The molecule has 0 saturated heterocycles. The van der Waals surface area contributed by atoms with Gasteiger partial charge in [0, 0.05) is 19.0 Å². The van der Waals surface area contributed by atoms with Crippen LogP contribution in [0, 0.1) is 0 Å². The maximum Gasteiger partial charge on any atom is 0.251 e. The maximum atomic E-state index is 11.5. The van der Waals surface area contributed by atoms with Crippen molar-refractivity contribution in [3.63, 3.8) is 0 Å². The summed E-state index contributed by atoms with van der Waals surface area (Å²) < 4.78 is 5.77. The zero-order chi connectivity index (χ0) is 12.5. The average molecular weight is 243 g/mol.